The fourth-order valence-electron chi connectivity index (χ4n) is 1.73. The van der Waals surface area contributed by atoms with Crippen molar-refractivity contribution in [3.8, 4) is 0 Å². The molecule has 0 amide bonds. The first-order chi connectivity index (χ1) is 5.83. The lowest BCUT2D eigenvalue weighted by molar-refractivity contribution is 0.237. The van der Waals surface area contributed by atoms with Gasteiger partial charge in [-0.15, -0.1) is 0 Å². The van der Waals surface area contributed by atoms with Crippen molar-refractivity contribution in [1.29, 1.82) is 0 Å². The predicted octanol–water partition coefficient (Wildman–Crippen LogP) is 1.27. The van der Waals surface area contributed by atoms with Gasteiger partial charge in [0.15, 0.2) is 0 Å². The second-order valence-corrected chi connectivity index (χ2v) is 3.60. The van der Waals surface area contributed by atoms with Gasteiger partial charge in [-0.1, -0.05) is 12.2 Å². The number of likely N-dealkylation sites (tertiary alicyclic amines) is 1. The van der Waals surface area contributed by atoms with Gasteiger partial charge in [-0.25, -0.2) is 0 Å². The molecule has 1 fully saturated rings. The predicted molar refractivity (Wildman–Crippen MR) is 51.1 cm³/mol. The molecule has 1 rings (SSSR count). The molecule has 1 aliphatic rings. The quantitative estimate of drug-likeness (QED) is 0.643. The van der Waals surface area contributed by atoms with Gasteiger partial charge in [-0.2, -0.15) is 0 Å². The highest BCUT2D eigenvalue weighted by atomic mass is 16.2. The molecule has 1 N–H and O–H groups in total. The number of aliphatic hydroxyl groups excluding tert-OH is 1. The average molecular weight is 169 g/mol. The van der Waals surface area contributed by atoms with Crippen LogP contribution in [0.15, 0.2) is 12.2 Å². The average Bonchev–Trinajstić information content (AvgIpc) is 2.05. The third-order valence-corrected chi connectivity index (χ3v) is 2.36. The van der Waals surface area contributed by atoms with Crippen LogP contribution in [-0.4, -0.2) is 36.8 Å². The van der Waals surface area contributed by atoms with E-state index >= 15 is 0 Å². The summed E-state index contributed by atoms with van der Waals surface area (Å²) in [5.74, 6) is 0.718. The fourth-order valence-corrected chi connectivity index (χ4v) is 1.73. The monoisotopic (exact) mass is 169 g/mol. The Morgan fingerprint density at radius 3 is 3.08 bits per heavy atom. The van der Waals surface area contributed by atoms with Crippen molar-refractivity contribution in [3.05, 3.63) is 12.2 Å². The van der Waals surface area contributed by atoms with Crippen LogP contribution in [-0.2, 0) is 0 Å². The largest absolute Gasteiger partial charge is 0.396 e. The highest BCUT2D eigenvalue weighted by molar-refractivity contribution is 4.91. The zero-order valence-corrected chi connectivity index (χ0v) is 7.87. The van der Waals surface area contributed by atoms with E-state index in [1.54, 1.807) is 0 Å². The second kappa shape index (κ2) is 5.33. The van der Waals surface area contributed by atoms with Crippen molar-refractivity contribution < 1.29 is 5.11 Å². The molecule has 1 saturated heterocycles. The van der Waals surface area contributed by atoms with Crippen LogP contribution in [0.3, 0.4) is 0 Å². The van der Waals surface area contributed by atoms with E-state index in [0.29, 0.717) is 0 Å². The zero-order chi connectivity index (χ0) is 8.81. The Hall–Kier alpha value is -0.340. The molecule has 0 saturated carbocycles. The summed E-state index contributed by atoms with van der Waals surface area (Å²) < 4.78 is 0. The number of hydrogen-bond donors (Lipinski definition) is 1. The second-order valence-electron chi connectivity index (χ2n) is 3.60. The lowest BCUT2D eigenvalue weighted by Crippen LogP contribution is -2.31. The Morgan fingerprint density at radius 1 is 1.58 bits per heavy atom. The molecule has 1 heterocycles. The minimum Gasteiger partial charge on any atom is -0.396 e. The summed E-state index contributed by atoms with van der Waals surface area (Å²) in [7, 11) is 2.17. The molecule has 2 heteroatoms. The van der Waals surface area contributed by atoms with E-state index in [9.17, 15) is 0 Å². The first-order valence-corrected chi connectivity index (χ1v) is 4.79. The number of nitrogens with zero attached hydrogens (tertiary/aromatic N) is 1. The summed E-state index contributed by atoms with van der Waals surface area (Å²) in [5, 5.41) is 8.59. The summed E-state index contributed by atoms with van der Waals surface area (Å²) in [5.41, 5.74) is 0. The van der Waals surface area contributed by atoms with Gasteiger partial charge in [-0.3, -0.25) is 0 Å². The van der Waals surface area contributed by atoms with Crippen molar-refractivity contribution in [2.75, 3.05) is 26.7 Å². The van der Waals surface area contributed by atoms with Gasteiger partial charge in [0.25, 0.3) is 0 Å². The summed E-state index contributed by atoms with van der Waals surface area (Å²) in [6.07, 6.45) is 7.78. The van der Waals surface area contributed by atoms with Crippen molar-refractivity contribution in [2.45, 2.75) is 19.3 Å². The molecule has 70 valence electrons. The van der Waals surface area contributed by atoms with Crippen LogP contribution in [0.5, 0.6) is 0 Å². The van der Waals surface area contributed by atoms with Crippen molar-refractivity contribution in [3.63, 3.8) is 0 Å². The van der Waals surface area contributed by atoms with Gasteiger partial charge < -0.3 is 10.0 Å². The SMILES string of the molecule is CN1CCCC(/C=C\CCO)C1. The van der Waals surface area contributed by atoms with Crippen LogP contribution >= 0.6 is 0 Å². The van der Waals surface area contributed by atoms with Crippen LogP contribution in [0.2, 0.25) is 0 Å². The van der Waals surface area contributed by atoms with E-state index < -0.39 is 0 Å². The highest BCUT2D eigenvalue weighted by Crippen LogP contribution is 2.15. The Morgan fingerprint density at radius 2 is 2.42 bits per heavy atom. The first-order valence-electron chi connectivity index (χ1n) is 4.79. The fraction of sp³-hybridized carbons (Fsp3) is 0.800. The van der Waals surface area contributed by atoms with E-state index in [4.69, 9.17) is 5.11 Å². The molecule has 0 radical (unpaired) electrons. The van der Waals surface area contributed by atoms with Crippen LogP contribution in [0, 0.1) is 5.92 Å². The van der Waals surface area contributed by atoms with E-state index in [2.05, 4.69) is 24.1 Å². The van der Waals surface area contributed by atoms with E-state index in [1.165, 1.54) is 25.9 Å². The molecular formula is C10H19NO. The van der Waals surface area contributed by atoms with Gasteiger partial charge >= 0.3 is 0 Å². The molecule has 0 aromatic carbocycles. The molecule has 0 aromatic heterocycles. The lowest BCUT2D eigenvalue weighted by Gasteiger charge is -2.27. The topological polar surface area (TPSA) is 23.5 Å². The van der Waals surface area contributed by atoms with Crippen LogP contribution in [0.1, 0.15) is 19.3 Å². The molecule has 1 unspecified atom stereocenters. The molecule has 0 aromatic rings. The smallest absolute Gasteiger partial charge is 0.0465 e. The summed E-state index contributed by atoms with van der Waals surface area (Å²) in [6.45, 7) is 2.70. The third kappa shape index (κ3) is 3.37. The minimum absolute atomic E-state index is 0.277. The van der Waals surface area contributed by atoms with E-state index in [0.717, 1.165) is 12.3 Å². The van der Waals surface area contributed by atoms with Crippen molar-refractivity contribution >= 4 is 0 Å². The molecule has 1 aliphatic heterocycles. The Bertz CT molecular complexity index is 145. The van der Waals surface area contributed by atoms with Crippen LogP contribution < -0.4 is 0 Å². The molecular weight excluding hydrogens is 150 g/mol. The number of aliphatic hydroxyl groups is 1. The first kappa shape index (κ1) is 9.75. The number of piperidine rings is 1. The molecule has 2 nitrogen and oxygen atoms in total. The van der Waals surface area contributed by atoms with Gasteiger partial charge in [0.2, 0.25) is 0 Å². The third-order valence-electron chi connectivity index (χ3n) is 2.36. The zero-order valence-electron chi connectivity index (χ0n) is 7.87. The molecule has 12 heavy (non-hydrogen) atoms. The van der Waals surface area contributed by atoms with Gasteiger partial charge in [0, 0.05) is 13.2 Å². The van der Waals surface area contributed by atoms with Gasteiger partial charge in [-0.05, 0) is 38.8 Å². The van der Waals surface area contributed by atoms with Crippen LogP contribution in [0.25, 0.3) is 0 Å². The number of rotatable bonds is 3. The highest BCUT2D eigenvalue weighted by Gasteiger charge is 2.13. The van der Waals surface area contributed by atoms with E-state index in [-0.39, 0.29) is 6.61 Å². The molecule has 0 aliphatic carbocycles. The van der Waals surface area contributed by atoms with E-state index in [1.807, 2.05) is 0 Å². The Balaban J connectivity index is 2.22. The molecule has 0 spiro atoms. The molecule has 1 atom stereocenters. The van der Waals surface area contributed by atoms with Crippen molar-refractivity contribution in [2.24, 2.45) is 5.92 Å². The summed E-state index contributed by atoms with van der Waals surface area (Å²) in [6, 6.07) is 0. The maximum atomic E-state index is 8.59. The van der Waals surface area contributed by atoms with Crippen LogP contribution in [0.4, 0.5) is 0 Å². The lowest BCUT2D eigenvalue weighted by atomic mass is 9.98. The minimum atomic E-state index is 0.277. The van der Waals surface area contributed by atoms with Gasteiger partial charge in [0.1, 0.15) is 0 Å². The normalized spacial score (nSPS) is 26.7. The van der Waals surface area contributed by atoms with Gasteiger partial charge in [0.05, 0.1) is 0 Å². The summed E-state index contributed by atoms with van der Waals surface area (Å²) >= 11 is 0. The summed E-state index contributed by atoms with van der Waals surface area (Å²) in [4.78, 5) is 2.37. The Kier molecular flexibility index (Phi) is 4.33. The standard InChI is InChI=1S/C10H19NO/c1-11-7-4-6-10(9-11)5-2-3-8-12/h2,5,10,12H,3-4,6-9H2,1H3/b5-2-. The van der Waals surface area contributed by atoms with Crippen molar-refractivity contribution in [1.82, 2.24) is 4.90 Å². The maximum Gasteiger partial charge on any atom is 0.0465 e. The molecule has 0 bridgehead atoms. The Labute approximate surface area is 74.9 Å². The number of hydrogen-bond acceptors (Lipinski definition) is 2. The maximum absolute atomic E-state index is 8.59.